The van der Waals surface area contributed by atoms with E-state index in [-0.39, 0.29) is 18.1 Å². The number of carbonyl (C=O) groups is 1. The zero-order chi connectivity index (χ0) is 22.4. The van der Waals surface area contributed by atoms with Gasteiger partial charge in [-0.15, -0.1) is 11.3 Å². The standard InChI is InChI=1S/C25H29N5O2S/c26-23(31)20-7-4-8-29(20)9-10-32-21-12-18-11-17(21)13-30(18)24-22-19(16-5-2-1-3-6-16)14-33-25(22)28-15-27-24/h1-3,5-6,14-15,17-18,20-21H,4,7-13H2,(H2,26,31). The molecule has 0 spiro atoms. The Balaban J connectivity index is 1.14. The lowest BCUT2D eigenvalue weighted by Crippen LogP contribution is -2.43. The summed E-state index contributed by atoms with van der Waals surface area (Å²) in [6.45, 7) is 3.36. The molecule has 2 aliphatic heterocycles. The van der Waals surface area contributed by atoms with Crippen molar-refractivity contribution < 1.29 is 9.53 Å². The van der Waals surface area contributed by atoms with Crippen molar-refractivity contribution in [3.8, 4) is 11.1 Å². The van der Waals surface area contributed by atoms with Gasteiger partial charge >= 0.3 is 0 Å². The highest BCUT2D eigenvalue weighted by Gasteiger charge is 2.46. The Morgan fingerprint density at radius 3 is 2.88 bits per heavy atom. The molecule has 3 fully saturated rings. The summed E-state index contributed by atoms with van der Waals surface area (Å²) in [6.07, 6.45) is 6.08. The Morgan fingerprint density at radius 1 is 1.21 bits per heavy atom. The van der Waals surface area contributed by atoms with E-state index in [1.54, 1.807) is 17.7 Å². The number of hydrogen-bond acceptors (Lipinski definition) is 7. The highest BCUT2D eigenvalue weighted by atomic mass is 32.1. The summed E-state index contributed by atoms with van der Waals surface area (Å²) in [7, 11) is 0. The number of aromatic nitrogens is 2. The van der Waals surface area contributed by atoms with E-state index < -0.39 is 0 Å². The summed E-state index contributed by atoms with van der Waals surface area (Å²) in [5, 5.41) is 3.38. The van der Waals surface area contributed by atoms with Gasteiger partial charge in [-0.3, -0.25) is 9.69 Å². The van der Waals surface area contributed by atoms with Gasteiger partial charge in [-0.05, 0) is 37.8 Å². The number of amides is 1. The molecular weight excluding hydrogens is 434 g/mol. The van der Waals surface area contributed by atoms with Gasteiger partial charge in [0, 0.05) is 36.0 Å². The fraction of sp³-hybridized carbons (Fsp3) is 0.480. The molecular formula is C25H29N5O2S. The Hall–Kier alpha value is -2.55. The van der Waals surface area contributed by atoms with Crippen LogP contribution in [0, 0.1) is 5.92 Å². The first-order chi connectivity index (χ1) is 16.2. The van der Waals surface area contributed by atoms with E-state index in [1.807, 2.05) is 6.07 Å². The minimum atomic E-state index is -0.206. The molecule has 2 aromatic heterocycles. The molecule has 8 heteroatoms. The van der Waals surface area contributed by atoms with Crippen molar-refractivity contribution >= 4 is 33.3 Å². The quantitative estimate of drug-likeness (QED) is 0.579. The molecule has 1 amide bonds. The fourth-order valence-electron chi connectivity index (χ4n) is 6.01. The summed E-state index contributed by atoms with van der Waals surface area (Å²) in [5.74, 6) is 1.37. The first-order valence-corrected chi connectivity index (χ1v) is 12.8. The van der Waals surface area contributed by atoms with Crippen molar-refractivity contribution in [2.24, 2.45) is 11.7 Å². The lowest BCUT2D eigenvalue weighted by molar-refractivity contribution is -0.122. The van der Waals surface area contributed by atoms with Gasteiger partial charge < -0.3 is 15.4 Å². The van der Waals surface area contributed by atoms with Crippen molar-refractivity contribution in [2.45, 2.75) is 43.9 Å². The molecule has 2 saturated heterocycles. The van der Waals surface area contributed by atoms with Crippen LogP contribution in [0.4, 0.5) is 5.82 Å². The Kier molecular flexibility index (Phi) is 5.52. The maximum absolute atomic E-state index is 11.6. The first kappa shape index (κ1) is 21.0. The Morgan fingerprint density at radius 2 is 2.09 bits per heavy atom. The molecule has 172 valence electrons. The number of rotatable bonds is 7. The number of nitrogens with zero attached hydrogens (tertiary/aromatic N) is 4. The van der Waals surface area contributed by atoms with Gasteiger partial charge in [0.05, 0.1) is 24.1 Å². The topological polar surface area (TPSA) is 84.6 Å². The number of thiophene rings is 1. The number of fused-ring (bicyclic) bond motifs is 3. The van der Waals surface area contributed by atoms with Crippen LogP contribution in [0.3, 0.4) is 0 Å². The summed E-state index contributed by atoms with van der Waals surface area (Å²) < 4.78 is 6.33. The third-order valence-electron chi connectivity index (χ3n) is 7.59. The minimum Gasteiger partial charge on any atom is -0.376 e. The summed E-state index contributed by atoms with van der Waals surface area (Å²) in [6, 6.07) is 10.8. The lowest BCUT2D eigenvalue weighted by atomic mass is 10.0. The largest absolute Gasteiger partial charge is 0.376 e. The van der Waals surface area contributed by atoms with Crippen LogP contribution >= 0.6 is 11.3 Å². The van der Waals surface area contributed by atoms with E-state index in [2.05, 4.69) is 44.4 Å². The molecule has 2 bridgehead atoms. The molecule has 2 N–H and O–H groups in total. The van der Waals surface area contributed by atoms with Crippen LogP contribution in [0.2, 0.25) is 0 Å². The van der Waals surface area contributed by atoms with Crippen LogP contribution in [-0.4, -0.2) is 65.2 Å². The second-order valence-electron chi connectivity index (χ2n) is 9.44. The van der Waals surface area contributed by atoms with Crippen LogP contribution in [-0.2, 0) is 9.53 Å². The first-order valence-electron chi connectivity index (χ1n) is 11.9. The molecule has 4 heterocycles. The van der Waals surface area contributed by atoms with Gasteiger partial charge in [-0.2, -0.15) is 0 Å². The van der Waals surface area contributed by atoms with Crippen LogP contribution in [0.15, 0.2) is 42.0 Å². The second kappa shape index (κ2) is 8.66. The number of primary amides is 1. The maximum Gasteiger partial charge on any atom is 0.234 e. The monoisotopic (exact) mass is 463 g/mol. The molecule has 1 saturated carbocycles. The van der Waals surface area contributed by atoms with E-state index in [4.69, 9.17) is 15.5 Å². The van der Waals surface area contributed by atoms with Gasteiger partial charge in [0.15, 0.2) is 0 Å². The van der Waals surface area contributed by atoms with Gasteiger partial charge in [-0.1, -0.05) is 30.3 Å². The number of anilines is 1. The number of nitrogens with two attached hydrogens (primary N) is 1. The fourth-order valence-corrected chi connectivity index (χ4v) is 6.93. The van der Waals surface area contributed by atoms with Crippen LogP contribution in [0.5, 0.6) is 0 Å². The number of carbonyl (C=O) groups excluding carboxylic acids is 1. The smallest absolute Gasteiger partial charge is 0.234 e. The van der Waals surface area contributed by atoms with Crippen LogP contribution in [0.1, 0.15) is 25.7 Å². The molecule has 3 aliphatic rings. The molecule has 1 aliphatic carbocycles. The number of hydrogen-bond donors (Lipinski definition) is 1. The number of ether oxygens (including phenoxy) is 1. The Labute approximate surface area is 197 Å². The molecule has 6 rings (SSSR count). The normalized spacial score (nSPS) is 27.1. The molecule has 1 aromatic carbocycles. The summed E-state index contributed by atoms with van der Waals surface area (Å²) in [4.78, 5) is 26.6. The number of benzene rings is 1. The average Bonchev–Trinajstić information content (AvgIpc) is 3.62. The number of piperidine rings is 1. The average molecular weight is 464 g/mol. The van der Waals surface area contributed by atoms with Crippen molar-refractivity contribution in [3.05, 3.63) is 42.0 Å². The van der Waals surface area contributed by atoms with Crippen molar-refractivity contribution in [3.63, 3.8) is 0 Å². The van der Waals surface area contributed by atoms with E-state index in [1.165, 1.54) is 16.5 Å². The van der Waals surface area contributed by atoms with Crippen LogP contribution in [0.25, 0.3) is 21.3 Å². The molecule has 4 atom stereocenters. The zero-order valence-corrected chi connectivity index (χ0v) is 19.4. The van der Waals surface area contributed by atoms with Gasteiger partial charge in [0.25, 0.3) is 0 Å². The van der Waals surface area contributed by atoms with E-state index >= 15 is 0 Å². The highest BCUT2D eigenvalue weighted by molar-refractivity contribution is 7.17. The zero-order valence-electron chi connectivity index (χ0n) is 18.6. The van der Waals surface area contributed by atoms with Gasteiger partial charge in [0.2, 0.25) is 5.91 Å². The maximum atomic E-state index is 11.6. The van der Waals surface area contributed by atoms with Crippen molar-refractivity contribution in [1.82, 2.24) is 14.9 Å². The summed E-state index contributed by atoms with van der Waals surface area (Å²) >= 11 is 1.69. The van der Waals surface area contributed by atoms with Crippen LogP contribution < -0.4 is 10.6 Å². The predicted molar refractivity (Wildman–Crippen MR) is 130 cm³/mol. The van der Waals surface area contributed by atoms with Gasteiger partial charge in [-0.25, -0.2) is 9.97 Å². The van der Waals surface area contributed by atoms with Crippen molar-refractivity contribution in [2.75, 3.05) is 31.1 Å². The van der Waals surface area contributed by atoms with E-state index in [9.17, 15) is 4.79 Å². The lowest BCUT2D eigenvalue weighted by Gasteiger charge is -2.33. The van der Waals surface area contributed by atoms with E-state index in [0.717, 1.165) is 56.0 Å². The third kappa shape index (κ3) is 3.80. The number of likely N-dealkylation sites (tertiary alicyclic amines) is 1. The highest BCUT2D eigenvalue weighted by Crippen LogP contribution is 2.45. The van der Waals surface area contributed by atoms with Gasteiger partial charge in [0.1, 0.15) is 17.0 Å². The molecule has 0 radical (unpaired) electrons. The van der Waals surface area contributed by atoms with E-state index in [0.29, 0.717) is 18.6 Å². The molecule has 4 unspecified atom stereocenters. The molecule has 7 nitrogen and oxygen atoms in total. The second-order valence-corrected chi connectivity index (χ2v) is 10.3. The van der Waals surface area contributed by atoms with Crippen molar-refractivity contribution in [1.29, 1.82) is 0 Å². The summed E-state index contributed by atoms with van der Waals surface area (Å²) in [5.41, 5.74) is 7.97. The third-order valence-corrected chi connectivity index (χ3v) is 8.47. The Bertz CT molecular complexity index is 1150. The SMILES string of the molecule is NC(=O)C1CCCN1CCOC1CC2CC1CN2c1ncnc2scc(-c3ccccc3)c12. The minimum absolute atomic E-state index is 0.117. The predicted octanol–water partition coefficient (Wildman–Crippen LogP) is 3.29. The molecule has 33 heavy (non-hydrogen) atoms. The molecule has 3 aromatic rings.